The first-order valence-corrected chi connectivity index (χ1v) is 8.19. The van der Waals surface area contributed by atoms with E-state index >= 15 is 0 Å². The van der Waals surface area contributed by atoms with Crippen molar-refractivity contribution in [2.75, 3.05) is 26.2 Å². The van der Waals surface area contributed by atoms with Crippen LogP contribution in [0.4, 0.5) is 4.79 Å². The molecule has 0 spiro atoms. The second-order valence-electron chi connectivity index (χ2n) is 4.92. The van der Waals surface area contributed by atoms with Crippen LogP contribution in [0.1, 0.15) is 31.0 Å². The molecule has 1 unspecified atom stereocenters. The van der Waals surface area contributed by atoms with E-state index in [0.29, 0.717) is 12.6 Å². The van der Waals surface area contributed by atoms with Gasteiger partial charge in [-0.05, 0) is 19.8 Å². The van der Waals surface area contributed by atoms with Gasteiger partial charge in [-0.15, -0.1) is 11.3 Å². The fraction of sp³-hybridized carbons (Fsp3) is 0.714. The van der Waals surface area contributed by atoms with Crippen LogP contribution in [0.5, 0.6) is 0 Å². The van der Waals surface area contributed by atoms with Gasteiger partial charge in [0.15, 0.2) is 0 Å². The lowest BCUT2D eigenvalue weighted by Gasteiger charge is -2.16. The number of nitrogens with zero attached hydrogens (tertiary/aromatic N) is 2. The number of carbonyl (C=O) groups excluding carboxylic acids is 1. The van der Waals surface area contributed by atoms with E-state index in [2.05, 4.69) is 22.6 Å². The van der Waals surface area contributed by atoms with Crippen LogP contribution in [0.25, 0.3) is 0 Å². The molecule has 1 atom stereocenters. The van der Waals surface area contributed by atoms with Crippen molar-refractivity contribution >= 4 is 17.4 Å². The van der Waals surface area contributed by atoms with Crippen molar-refractivity contribution in [2.24, 2.45) is 0 Å². The van der Waals surface area contributed by atoms with Crippen LogP contribution < -0.4 is 5.32 Å². The Bertz CT molecular complexity index is 436. The Balaban J connectivity index is 1.66. The summed E-state index contributed by atoms with van der Waals surface area (Å²) in [5.41, 5.74) is 1.17. The molecule has 1 aromatic rings. The van der Waals surface area contributed by atoms with Crippen molar-refractivity contribution in [1.29, 1.82) is 0 Å². The molecule has 0 radical (unpaired) electrons. The van der Waals surface area contributed by atoms with Crippen LogP contribution in [-0.4, -0.2) is 48.3 Å². The monoisotopic (exact) mass is 297 g/mol. The first-order valence-electron chi connectivity index (χ1n) is 7.31. The van der Waals surface area contributed by atoms with Crippen molar-refractivity contribution in [3.8, 4) is 0 Å². The SMILES string of the molecule is CCOC(=O)N1CCC(NCCc2csc(CC)n2)C1. The molecule has 1 N–H and O–H groups in total. The van der Waals surface area contributed by atoms with Crippen LogP contribution >= 0.6 is 11.3 Å². The standard InChI is InChI=1S/C14H23N3O2S/c1-3-13-16-12(10-20-13)5-7-15-11-6-8-17(9-11)14(18)19-4-2/h10-11,15H,3-9H2,1-2H3. The van der Waals surface area contributed by atoms with Gasteiger partial charge in [0.1, 0.15) is 0 Å². The number of hydrogen-bond acceptors (Lipinski definition) is 5. The van der Waals surface area contributed by atoms with E-state index in [1.165, 1.54) is 10.7 Å². The second-order valence-corrected chi connectivity index (χ2v) is 5.86. The molecule has 1 aliphatic heterocycles. The Kier molecular flexibility index (Phi) is 5.79. The average molecular weight is 297 g/mol. The molecule has 0 saturated carbocycles. The first-order chi connectivity index (χ1) is 9.72. The van der Waals surface area contributed by atoms with Gasteiger partial charge in [0.2, 0.25) is 0 Å². The van der Waals surface area contributed by atoms with Crippen molar-refractivity contribution in [1.82, 2.24) is 15.2 Å². The van der Waals surface area contributed by atoms with E-state index in [0.717, 1.165) is 38.9 Å². The molecule has 20 heavy (non-hydrogen) atoms. The van der Waals surface area contributed by atoms with Gasteiger partial charge in [-0.25, -0.2) is 9.78 Å². The van der Waals surface area contributed by atoms with Gasteiger partial charge >= 0.3 is 6.09 Å². The fourth-order valence-electron chi connectivity index (χ4n) is 2.34. The topological polar surface area (TPSA) is 54.5 Å². The van der Waals surface area contributed by atoms with Gasteiger partial charge in [0.25, 0.3) is 0 Å². The van der Waals surface area contributed by atoms with Gasteiger partial charge in [-0.3, -0.25) is 0 Å². The lowest BCUT2D eigenvalue weighted by Crippen LogP contribution is -2.36. The second kappa shape index (κ2) is 7.59. The number of ether oxygens (including phenoxy) is 1. The molecule has 1 amide bonds. The minimum atomic E-state index is -0.191. The van der Waals surface area contributed by atoms with E-state index < -0.39 is 0 Å². The summed E-state index contributed by atoms with van der Waals surface area (Å²) in [4.78, 5) is 17.9. The third-order valence-corrected chi connectivity index (χ3v) is 4.47. The summed E-state index contributed by atoms with van der Waals surface area (Å²) >= 11 is 1.73. The molecule has 2 rings (SSSR count). The summed E-state index contributed by atoms with van der Waals surface area (Å²) in [6.07, 6.45) is 2.77. The van der Waals surface area contributed by atoms with Crippen LogP contribution in [0.15, 0.2) is 5.38 Å². The summed E-state index contributed by atoms with van der Waals surface area (Å²) in [5, 5.41) is 6.84. The molecule has 1 saturated heterocycles. The lowest BCUT2D eigenvalue weighted by molar-refractivity contribution is 0.115. The Hall–Kier alpha value is -1.14. The normalized spacial score (nSPS) is 18.5. The molecule has 1 aliphatic rings. The maximum absolute atomic E-state index is 11.6. The number of amides is 1. The predicted octanol–water partition coefficient (Wildman–Crippen LogP) is 2.07. The van der Waals surface area contributed by atoms with Crippen molar-refractivity contribution in [3.63, 3.8) is 0 Å². The zero-order valence-electron chi connectivity index (χ0n) is 12.2. The number of aromatic nitrogens is 1. The molecule has 1 aromatic heterocycles. The quantitative estimate of drug-likeness (QED) is 0.873. The van der Waals surface area contributed by atoms with Crippen molar-refractivity contribution in [3.05, 3.63) is 16.1 Å². The summed E-state index contributed by atoms with van der Waals surface area (Å²) in [7, 11) is 0. The van der Waals surface area contributed by atoms with Gasteiger partial charge in [-0.2, -0.15) is 0 Å². The minimum Gasteiger partial charge on any atom is -0.450 e. The fourth-order valence-corrected chi connectivity index (χ4v) is 3.12. The van der Waals surface area contributed by atoms with E-state index in [1.54, 1.807) is 16.2 Å². The summed E-state index contributed by atoms with van der Waals surface area (Å²) in [5.74, 6) is 0. The lowest BCUT2D eigenvalue weighted by atomic mass is 10.2. The number of aryl methyl sites for hydroxylation is 1. The maximum atomic E-state index is 11.6. The summed E-state index contributed by atoms with van der Waals surface area (Å²) in [6.45, 7) is 6.85. The van der Waals surface area contributed by atoms with Crippen LogP contribution in [0.2, 0.25) is 0 Å². The van der Waals surface area contributed by atoms with Crippen LogP contribution in [0.3, 0.4) is 0 Å². The largest absolute Gasteiger partial charge is 0.450 e. The Morgan fingerprint density at radius 3 is 3.15 bits per heavy atom. The number of thiazole rings is 1. The molecular weight excluding hydrogens is 274 g/mol. The zero-order chi connectivity index (χ0) is 14.4. The molecule has 112 valence electrons. The third kappa shape index (κ3) is 4.18. The summed E-state index contributed by atoms with van der Waals surface area (Å²) in [6, 6.07) is 0.378. The summed E-state index contributed by atoms with van der Waals surface area (Å²) < 4.78 is 5.01. The van der Waals surface area contributed by atoms with Gasteiger partial charge in [-0.1, -0.05) is 6.92 Å². The van der Waals surface area contributed by atoms with Crippen molar-refractivity contribution in [2.45, 2.75) is 39.2 Å². The Labute approximate surface area is 124 Å². The molecule has 2 heterocycles. The molecular formula is C14H23N3O2S. The molecule has 0 bridgehead atoms. The van der Waals surface area contributed by atoms with E-state index in [9.17, 15) is 4.79 Å². The third-order valence-electron chi connectivity index (χ3n) is 3.43. The molecule has 0 aliphatic carbocycles. The zero-order valence-corrected chi connectivity index (χ0v) is 13.0. The van der Waals surface area contributed by atoms with Crippen LogP contribution in [0, 0.1) is 0 Å². The van der Waals surface area contributed by atoms with Gasteiger partial charge in [0, 0.05) is 37.5 Å². The van der Waals surface area contributed by atoms with E-state index in [-0.39, 0.29) is 6.09 Å². The number of carbonyl (C=O) groups is 1. The highest BCUT2D eigenvalue weighted by Gasteiger charge is 2.26. The average Bonchev–Trinajstić information content (AvgIpc) is 3.08. The van der Waals surface area contributed by atoms with Gasteiger partial charge in [0.05, 0.1) is 17.3 Å². The predicted molar refractivity (Wildman–Crippen MR) is 80.2 cm³/mol. The van der Waals surface area contributed by atoms with E-state index in [1.807, 2.05) is 6.92 Å². The molecule has 1 fully saturated rings. The maximum Gasteiger partial charge on any atom is 0.409 e. The Morgan fingerprint density at radius 2 is 2.45 bits per heavy atom. The Morgan fingerprint density at radius 1 is 1.60 bits per heavy atom. The molecule has 0 aromatic carbocycles. The first kappa shape index (κ1) is 15.3. The smallest absolute Gasteiger partial charge is 0.409 e. The van der Waals surface area contributed by atoms with Crippen LogP contribution in [-0.2, 0) is 17.6 Å². The number of likely N-dealkylation sites (tertiary alicyclic amines) is 1. The number of rotatable bonds is 6. The minimum absolute atomic E-state index is 0.191. The number of hydrogen-bond donors (Lipinski definition) is 1. The highest BCUT2D eigenvalue weighted by Crippen LogP contribution is 2.12. The van der Waals surface area contributed by atoms with E-state index in [4.69, 9.17) is 4.74 Å². The molecule has 5 nitrogen and oxygen atoms in total. The molecule has 6 heteroatoms. The number of nitrogens with one attached hydrogen (secondary N) is 1. The highest BCUT2D eigenvalue weighted by molar-refractivity contribution is 7.09. The highest BCUT2D eigenvalue weighted by atomic mass is 32.1. The van der Waals surface area contributed by atoms with Gasteiger partial charge < -0.3 is 15.0 Å². The van der Waals surface area contributed by atoms with Crippen molar-refractivity contribution < 1.29 is 9.53 Å².